The highest BCUT2D eigenvalue weighted by atomic mass is 35.5. The Labute approximate surface area is 253 Å². The van der Waals surface area contributed by atoms with Gasteiger partial charge in [-0.25, -0.2) is 8.42 Å². The fraction of sp³-hybridized carbons (Fsp3) is 0.375. The Hall–Kier alpha value is -3.56. The van der Waals surface area contributed by atoms with E-state index in [2.05, 4.69) is 5.32 Å². The summed E-state index contributed by atoms with van der Waals surface area (Å²) < 4.78 is 34.5. The Balaban J connectivity index is 1.73. The molecule has 0 radical (unpaired) electrons. The fourth-order valence-electron chi connectivity index (χ4n) is 5.21. The normalized spacial score (nSPS) is 14.6. The third kappa shape index (κ3) is 7.44. The molecule has 8 nitrogen and oxygen atoms in total. The zero-order chi connectivity index (χ0) is 30.3. The van der Waals surface area contributed by atoms with Crippen LogP contribution < -0.4 is 14.4 Å². The number of halogens is 1. The van der Waals surface area contributed by atoms with Crippen molar-refractivity contribution in [2.45, 2.75) is 69.5 Å². The molecule has 1 fully saturated rings. The molecule has 2 amide bonds. The van der Waals surface area contributed by atoms with E-state index in [0.29, 0.717) is 0 Å². The summed E-state index contributed by atoms with van der Waals surface area (Å²) in [5.41, 5.74) is 1.94. The molecule has 1 atom stereocenters. The third-order valence-electron chi connectivity index (χ3n) is 7.74. The van der Waals surface area contributed by atoms with E-state index in [0.717, 1.165) is 47.5 Å². The van der Waals surface area contributed by atoms with Gasteiger partial charge in [-0.15, -0.1) is 0 Å². The first-order chi connectivity index (χ1) is 20.1. The maximum absolute atomic E-state index is 14.2. The number of nitrogens with zero attached hydrogens (tertiary/aromatic N) is 2. The molecule has 1 aliphatic carbocycles. The maximum Gasteiger partial charge on any atom is 0.264 e. The van der Waals surface area contributed by atoms with Crippen LogP contribution in [0, 0.1) is 6.92 Å². The first-order valence-corrected chi connectivity index (χ1v) is 16.0. The summed E-state index contributed by atoms with van der Waals surface area (Å²) in [5.74, 6) is -0.562. The molecule has 0 saturated heterocycles. The number of methoxy groups -OCH3 is 1. The number of ether oxygens (including phenoxy) is 1. The molecule has 1 saturated carbocycles. The number of amides is 2. The second kappa shape index (κ2) is 14.1. The molecule has 0 heterocycles. The number of carbonyl (C=O) groups is 2. The van der Waals surface area contributed by atoms with Crippen LogP contribution in [0.2, 0.25) is 5.02 Å². The highest BCUT2D eigenvalue weighted by Gasteiger charge is 2.34. The molecular formula is C32H38ClN3O5S. The number of rotatable bonds is 11. The van der Waals surface area contributed by atoms with Gasteiger partial charge in [0, 0.05) is 17.6 Å². The molecule has 0 aliphatic heterocycles. The van der Waals surface area contributed by atoms with Crippen molar-refractivity contribution in [3.05, 3.63) is 88.9 Å². The van der Waals surface area contributed by atoms with Gasteiger partial charge in [0.05, 0.1) is 17.7 Å². The molecule has 42 heavy (non-hydrogen) atoms. The lowest BCUT2D eigenvalue weighted by molar-refractivity contribution is -0.139. The van der Waals surface area contributed by atoms with Gasteiger partial charge in [-0.05, 0) is 68.1 Å². The summed E-state index contributed by atoms with van der Waals surface area (Å²) in [6.45, 7) is 3.19. The lowest BCUT2D eigenvalue weighted by atomic mass is 9.95. The Kier molecular flexibility index (Phi) is 10.5. The Morgan fingerprint density at radius 2 is 1.67 bits per heavy atom. The first kappa shape index (κ1) is 31.4. The molecule has 3 aromatic carbocycles. The van der Waals surface area contributed by atoms with Crippen molar-refractivity contribution in [2.24, 2.45) is 0 Å². The molecule has 0 spiro atoms. The van der Waals surface area contributed by atoms with Crippen LogP contribution in [0.1, 0.15) is 50.2 Å². The molecule has 4 rings (SSSR count). The van der Waals surface area contributed by atoms with Gasteiger partial charge in [-0.3, -0.25) is 13.9 Å². The van der Waals surface area contributed by atoms with E-state index in [4.69, 9.17) is 16.3 Å². The van der Waals surface area contributed by atoms with Crippen molar-refractivity contribution in [1.29, 1.82) is 0 Å². The van der Waals surface area contributed by atoms with Gasteiger partial charge in [0.25, 0.3) is 10.0 Å². The minimum Gasteiger partial charge on any atom is -0.495 e. The topological polar surface area (TPSA) is 96.0 Å². The van der Waals surface area contributed by atoms with Gasteiger partial charge in [-0.1, -0.05) is 73.3 Å². The summed E-state index contributed by atoms with van der Waals surface area (Å²) in [6, 6.07) is 19.3. The fourth-order valence-corrected chi connectivity index (χ4v) is 6.82. The van der Waals surface area contributed by atoms with Crippen LogP contribution >= 0.6 is 11.6 Å². The van der Waals surface area contributed by atoms with E-state index in [1.54, 1.807) is 37.3 Å². The summed E-state index contributed by atoms with van der Waals surface area (Å²) in [6.07, 6.45) is 5.07. The summed E-state index contributed by atoms with van der Waals surface area (Å²) in [4.78, 5) is 29.1. The molecular weight excluding hydrogens is 574 g/mol. The van der Waals surface area contributed by atoms with Gasteiger partial charge in [0.2, 0.25) is 11.8 Å². The number of nitrogens with one attached hydrogen (secondary N) is 1. The van der Waals surface area contributed by atoms with Gasteiger partial charge in [0.1, 0.15) is 18.3 Å². The number of aryl methyl sites for hydroxylation is 1. The minimum atomic E-state index is -4.24. The molecule has 1 aliphatic rings. The van der Waals surface area contributed by atoms with Crippen LogP contribution in [0.25, 0.3) is 0 Å². The smallest absolute Gasteiger partial charge is 0.264 e. The SMILES string of the molecule is COc1ccc(Cl)cc1N(CC(=O)N(Cc1ccccc1C)[C@H](C)C(=O)NC1CCCCC1)S(=O)(=O)c1ccccc1. The minimum absolute atomic E-state index is 0.00775. The van der Waals surface area contributed by atoms with Gasteiger partial charge in [0.15, 0.2) is 0 Å². The molecule has 10 heteroatoms. The zero-order valence-corrected chi connectivity index (χ0v) is 25.8. The molecule has 0 unspecified atom stereocenters. The monoisotopic (exact) mass is 611 g/mol. The summed E-state index contributed by atoms with van der Waals surface area (Å²) in [5, 5.41) is 3.40. The van der Waals surface area contributed by atoms with Crippen LogP contribution in [0.4, 0.5) is 5.69 Å². The van der Waals surface area contributed by atoms with Gasteiger partial charge in [-0.2, -0.15) is 0 Å². The first-order valence-electron chi connectivity index (χ1n) is 14.2. The van der Waals surface area contributed by atoms with E-state index in [1.165, 1.54) is 30.2 Å². The zero-order valence-electron chi connectivity index (χ0n) is 24.3. The summed E-state index contributed by atoms with van der Waals surface area (Å²) in [7, 11) is -2.81. The van der Waals surface area contributed by atoms with Crippen LogP contribution in [-0.2, 0) is 26.2 Å². The van der Waals surface area contributed by atoms with Gasteiger partial charge >= 0.3 is 0 Å². The Bertz CT molecular complexity index is 1490. The number of benzene rings is 3. The van der Waals surface area contributed by atoms with E-state index in [-0.39, 0.29) is 39.8 Å². The van der Waals surface area contributed by atoms with Crippen molar-refractivity contribution in [2.75, 3.05) is 18.0 Å². The predicted molar refractivity (Wildman–Crippen MR) is 165 cm³/mol. The van der Waals surface area contributed by atoms with Crippen LogP contribution in [0.3, 0.4) is 0 Å². The number of carbonyl (C=O) groups excluding carboxylic acids is 2. The van der Waals surface area contributed by atoms with E-state index >= 15 is 0 Å². The highest BCUT2D eigenvalue weighted by molar-refractivity contribution is 7.92. The molecule has 3 aromatic rings. The van der Waals surface area contributed by atoms with Crippen LogP contribution in [0.15, 0.2) is 77.7 Å². The van der Waals surface area contributed by atoms with E-state index in [1.807, 2.05) is 31.2 Å². The average molecular weight is 612 g/mol. The maximum atomic E-state index is 14.2. The second-order valence-electron chi connectivity index (χ2n) is 10.6. The number of hydrogen-bond acceptors (Lipinski definition) is 5. The number of hydrogen-bond donors (Lipinski definition) is 1. The molecule has 1 N–H and O–H groups in total. The Morgan fingerprint density at radius 1 is 1.00 bits per heavy atom. The Morgan fingerprint density at radius 3 is 2.33 bits per heavy atom. The quantitative estimate of drug-likeness (QED) is 0.299. The van der Waals surface area contributed by atoms with Crippen molar-refractivity contribution in [3.63, 3.8) is 0 Å². The lowest BCUT2D eigenvalue weighted by Crippen LogP contribution is -2.53. The number of anilines is 1. The van der Waals surface area contributed by atoms with E-state index < -0.39 is 28.5 Å². The van der Waals surface area contributed by atoms with Crippen molar-refractivity contribution in [1.82, 2.24) is 10.2 Å². The predicted octanol–water partition coefficient (Wildman–Crippen LogP) is 5.72. The molecule has 224 valence electrons. The van der Waals surface area contributed by atoms with Crippen molar-refractivity contribution < 1.29 is 22.7 Å². The molecule has 0 aromatic heterocycles. The van der Waals surface area contributed by atoms with Gasteiger partial charge < -0.3 is 15.0 Å². The largest absolute Gasteiger partial charge is 0.495 e. The van der Waals surface area contributed by atoms with E-state index in [9.17, 15) is 18.0 Å². The van der Waals surface area contributed by atoms with Crippen LogP contribution in [0.5, 0.6) is 5.75 Å². The average Bonchev–Trinajstić information content (AvgIpc) is 2.99. The van der Waals surface area contributed by atoms with Crippen molar-refractivity contribution in [3.8, 4) is 5.75 Å². The molecule has 0 bridgehead atoms. The van der Waals surface area contributed by atoms with Crippen molar-refractivity contribution >= 4 is 39.1 Å². The standard InChI is InChI=1S/C32H38ClN3O5S/c1-23-12-10-11-13-25(23)21-35(24(2)32(38)34-27-14-6-4-7-15-27)31(37)22-36(29-20-26(33)18-19-30(29)41-3)42(39,40)28-16-8-5-9-17-28/h5,8-13,16-20,24,27H,4,6-7,14-15,21-22H2,1-3H3,(H,34,38)/t24-/m1/s1. The summed E-state index contributed by atoms with van der Waals surface area (Å²) >= 11 is 6.30. The number of sulfonamides is 1. The lowest BCUT2D eigenvalue weighted by Gasteiger charge is -2.33. The highest BCUT2D eigenvalue weighted by Crippen LogP contribution is 2.35. The third-order valence-corrected chi connectivity index (χ3v) is 9.75. The second-order valence-corrected chi connectivity index (χ2v) is 12.9. The van der Waals surface area contributed by atoms with Crippen LogP contribution in [-0.4, -0.2) is 50.9 Å².